The van der Waals surface area contributed by atoms with Gasteiger partial charge in [-0.15, -0.1) is 0 Å². The third kappa shape index (κ3) is 4.07. The summed E-state index contributed by atoms with van der Waals surface area (Å²) in [5.41, 5.74) is 5.16. The largest absolute Gasteiger partial charge is 0.497 e. The summed E-state index contributed by atoms with van der Waals surface area (Å²) >= 11 is 0. The van der Waals surface area contributed by atoms with Gasteiger partial charge in [0.25, 0.3) is 5.91 Å². The van der Waals surface area contributed by atoms with E-state index in [0.717, 1.165) is 0 Å². The van der Waals surface area contributed by atoms with Crippen molar-refractivity contribution in [2.75, 3.05) is 13.7 Å². The SMILES string of the molecule is COc1cc(F)cc([C@H](CO)C(C)(C(N)=O)N2Cc3ccc(B4OC(C)(C)C(C)(C)O4)cc3C2=O)c1. The Bertz CT molecular complexity index is 1200. The van der Waals surface area contributed by atoms with Gasteiger partial charge in [-0.1, -0.05) is 12.1 Å². The molecule has 8 nitrogen and oxygen atoms in total. The Morgan fingerprint density at radius 3 is 2.42 bits per heavy atom. The Labute approximate surface area is 210 Å². The van der Waals surface area contributed by atoms with E-state index in [2.05, 4.69) is 0 Å². The van der Waals surface area contributed by atoms with Crippen LogP contribution < -0.4 is 15.9 Å². The number of hydrogen-bond donors (Lipinski definition) is 2. The first-order valence-electron chi connectivity index (χ1n) is 11.8. The fourth-order valence-electron chi connectivity index (χ4n) is 4.82. The van der Waals surface area contributed by atoms with Crippen molar-refractivity contribution in [2.24, 2.45) is 5.73 Å². The summed E-state index contributed by atoms with van der Waals surface area (Å²) < 4.78 is 31.7. The first-order chi connectivity index (χ1) is 16.7. The van der Waals surface area contributed by atoms with E-state index in [4.69, 9.17) is 19.8 Å². The zero-order chi connectivity index (χ0) is 26.6. The van der Waals surface area contributed by atoms with Crippen LogP contribution in [0, 0.1) is 5.82 Å². The number of hydrogen-bond acceptors (Lipinski definition) is 6. The average molecular weight is 498 g/mol. The predicted molar refractivity (Wildman–Crippen MR) is 132 cm³/mol. The minimum Gasteiger partial charge on any atom is -0.497 e. The zero-order valence-corrected chi connectivity index (χ0v) is 21.4. The second-order valence-corrected chi connectivity index (χ2v) is 10.6. The van der Waals surface area contributed by atoms with Crippen molar-refractivity contribution < 1.29 is 33.1 Å². The van der Waals surface area contributed by atoms with Gasteiger partial charge in [0.15, 0.2) is 0 Å². The number of rotatable bonds is 7. The number of nitrogens with zero attached hydrogens (tertiary/aromatic N) is 1. The first kappa shape index (κ1) is 26.1. The minimum atomic E-state index is -1.66. The van der Waals surface area contributed by atoms with Crippen LogP contribution >= 0.6 is 0 Å². The van der Waals surface area contributed by atoms with Crippen LogP contribution in [0.3, 0.4) is 0 Å². The van der Waals surface area contributed by atoms with Crippen LogP contribution in [-0.4, -0.2) is 59.4 Å². The normalized spacial score (nSPS) is 20.7. The highest BCUT2D eigenvalue weighted by atomic mass is 19.1. The van der Waals surface area contributed by atoms with Crippen molar-refractivity contribution in [2.45, 2.75) is 63.8 Å². The number of fused-ring (bicyclic) bond motifs is 1. The van der Waals surface area contributed by atoms with E-state index in [0.29, 0.717) is 16.6 Å². The molecule has 0 saturated carbocycles. The van der Waals surface area contributed by atoms with Crippen LogP contribution in [0.25, 0.3) is 0 Å². The summed E-state index contributed by atoms with van der Waals surface area (Å²) in [5.74, 6) is -2.62. The number of benzene rings is 2. The molecule has 0 bridgehead atoms. The highest BCUT2D eigenvalue weighted by Crippen LogP contribution is 2.40. The molecule has 10 heteroatoms. The molecule has 1 unspecified atom stereocenters. The molecule has 2 aromatic rings. The van der Waals surface area contributed by atoms with Crippen molar-refractivity contribution in [1.82, 2.24) is 4.90 Å². The first-order valence-corrected chi connectivity index (χ1v) is 11.8. The lowest BCUT2D eigenvalue weighted by Gasteiger charge is -2.41. The molecular formula is C26H32BFN2O6. The van der Waals surface area contributed by atoms with Crippen LogP contribution in [0.15, 0.2) is 36.4 Å². The van der Waals surface area contributed by atoms with Crippen LogP contribution in [0.2, 0.25) is 0 Å². The van der Waals surface area contributed by atoms with Gasteiger partial charge in [0.2, 0.25) is 5.91 Å². The number of carbonyl (C=O) groups excluding carboxylic acids is 2. The number of ether oxygens (including phenoxy) is 1. The third-order valence-corrected chi connectivity index (χ3v) is 7.92. The molecule has 2 aromatic carbocycles. The summed E-state index contributed by atoms with van der Waals surface area (Å²) in [6.07, 6.45) is 0. The molecular weight excluding hydrogens is 466 g/mol. The minimum absolute atomic E-state index is 0.0974. The number of halogens is 1. The van der Waals surface area contributed by atoms with Crippen LogP contribution in [0.5, 0.6) is 5.75 Å². The molecule has 0 aliphatic carbocycles. The molecule has 2 aliphatic heterocycles. The number of carbonyl (C=O) groups is 2. The highest BCUT2D eigenvalue weighted by Gasteiger charge is 2.53. The number of aliphatic hydroxyl groups is 1. The monoisotopic (exact) mass is 498 g/mol. The smallest absolute Gasteiger partial charge is 0.494 e. The third-order valence-electron chi connectivity index (χ3n) is 7.92. The van der Waals surface area contributed by atoms with E-state index in [1.54, 1.807) is 12.1 Å². The molecule has 4 rings (SSSR count). The molecule has 0 spiro atoms. The lowest BCUT2D eigenvalue weighted by molar-refractivity contribution is -0.130. The molecule has 3 N–H and O–H groups in total. The van der Waals surface area contributed by atoms with Gasteiger partial charge in [0.05, 0.1) is 24.9 Å². The molecule has 1 fully saturated rings. The topological polar surface area (TPSA) is 111 Å². The second-order valence-electron chi connectivity index (χ2n) is 10.6. The second kappa shape index (κ2) is 8.86. The number of amides is 2. The number of methoxy groups -OCH3 is 1. The molecule has 2 heterocycles. The predicted octanol–water partition coefficient (Wildman–Crippen LogP) is 2.11. The molecule has 0 radical (unpaired) electrons. The fraction of sp³-hybridized carbons (Fsp3) is 0.462. The van der Waals surface area contributed by atoms with Crippen molar-refractivity contribution in [3.8, 4) is 5.75 Å². The summed E-state index contributed by atoms with van der Waals surface area (Å²) in [5, 5.41) is 10.3. The Hall–Kier alpha value is -2.95. The Balaban J connectivity index is 1.71. The molecule has 0 aromatic heterocycles. The van der Waals surface area contributed by atoms with Crippen LogP contribution in [-0.2, 0) is 20.6 Å². The van der Waals surface area contributed by atoms with Crippen molar-refractivity contribution in [3.05, 3.63) is 58.9 Å². The molecule has 192 valence electrons. The van der Waals surface area contributed by atoms with Gasteiger partial charge >= 0.3 is 7.12 Å². The Kier molecular flexibility index (Phi) is 6.43. The number of nitrogens with two attached hydrogens (primary N) is 1. The summed E-state index contributed by atoms with van der Waals surface area (Å²) in [7, 11) is 0.729. The van der Waals surface area contributed by atoms with Crippen molar-refractivity contribution in [1.29, 1.82) is 0 Å². The summed E-state index contributed by atoms with van der Waals surface area (Å²) in [6.45, 7) is 8.83. The molecule has 2 aliphatic rings. The summed E-state index contributed by atoms with van der Waals surface area (Å²) in [6, 6.07) is 9.26. The van der Waals surface area contributed by atoms with Crippen molar-refractivity contribution in [3.63, 3.8) is 0 Å². The highest BCUT2D eigenvalue weighted by molar-refractivity contribution is 6.62. The summed E-state index contributed by atoms with van der Waals surface area (Å²) in [4.78, 5) is 27.9. The fourth-order valence-corrected chi connectivity index (χ4v) is 4.82. The standard InChI is InChI=1S/C26H32BFN2O6/c1-24(2)25(3,4)36-27(35-24)17-8-7-15-13-30(22(32)20(15)11-17)26(5,23(29)33)21(14-31)16-9-18(28)12-19(10-16)34-6/h7-12,21,31H,13-14H2,1-6H3,(H2,29,33)/t21-,26?/m0/s1. The van der Waals surface area contributed by atoms with E-state index in [-0.39, 0.29) is 17.9 Å². The van der Waals surface area contributed by atoms with Crippen LogP contribution in [0.4, 0.5) is 4.39 Å². The van der Waals surface area contributed by atoms with Gasteiger partial charge in [0, 0.05) is 24.1 Å². The maximum atomic E-state index is 14.3. The van der Waals surface area contributed by atoms with Gasteiger partial charge in [-0.2, -0.15) is 0 Å². The van der Waals surface area contributed by atoms with E-state index in [1.807, 2.05) is 33.8 Å². The van der Waals surface area contributed by atoms with Gasteiger partial charge in [-0.3, -0.25) is 9.59 Å². The van der Waals surface area contributed by atoms with E-state index in [1.165, 1.54) is 37.1 Å². The quantitative estimate of drug-likeness (QED) is 0.566. The van der Waals surface area contributed by atoms with Gasteiger partial charge < -0.3 is 29.8 Å². The lowest BCUT2D eigenvalue weighted by Crippen LogP contribution is -2.60. The molecule has 2 amide bonds. The van der Waals surface area contributed by atoms with Gasteiger partial charge in [-0.05, 0) is 69.4 Å². The van der Waals surface area contributed by atoms with E-state index >= 15 is 0 Å². The Morgan fingerprint density at radius 2 is 1.86 bits per heavy atom. The maximum absolute atomic E-state index is 14.3. The van der Waals surface area contributed by atoms with Crippen molar-refractivity contribution >= 4 is 24.4 Å². The maximum Gasteiger partial charge on any atom is 0.494 e. The molecule has 1 saturated heterocycles. The number of primary amides is 1. The lowest BCUT2D eigenvalue weighted by atomic mass is 9.78. The zero-order valence-electron chi connectivity index (χ0n) is 21.4. The average Bonchev–Trinajstić information content (AvgIpc) is 3.25. The molecule has 2 atom stereocenters. The number of aliphatic hydroxyl groups excluding tert-OH is 1. The van der Waals surface area contributed by atoms with E-state index < -0.39 is 54.0 Å². The van der Waals surface area contributed by atoms with Crippen LogP contribution in [0.1, 0.15) is 62.0 Å². The van der Waals surface area contributed by atoms with E-state index in [9.17, 15) is 19.1 Å². The van der Waals surface area contributed by atoms with Gasteiger partial charge in [-0.25, -0.2) is 4.39 Å². The van der Waals surface area contributed by atoms with Gasteiger partial charge in [0.1, 0.15) is 17.1 Å². The Morgan fingerprint density at radius 1 is 1.22 bits per heavy atom. The molecule has 36 heavy (non-hydrogen) atoms.